The maximum absolute atomic E-state index is 6.66. The molecule has 4 heteroatoms. The monoisotopic (exact) mass is 469 g/mol. The van der Waals surface area contributed by atoms with E-state index in [1.807, 2.05) is 0 Å². The third-order valence-corrected chi connectivity index (χ3v) is 8.23. The fraction of sp³-hybridized carbons (Fsp3) is 0.241. The normalized spacial score (nSPS) is 11.2. The summed E-state index contributed by atoms with van der Waals surface area (Å²) in [6, 6.07) is 17.6. The minimum Gasteiger partial charge on any atom is -0.0838 e. The fourth-order valence-electron chi connectivity index (χ4n) is 5.40. The molecule has 1 radical (unpaired) electrons. The van der Waals surface area contributed by atoms with E-state index in [-0.39, 0.29) is 6.71 Å². The highest BCUT2D eigenvalue weighted by molar-refractivity contribution is 6.87. The van der Waals surface area contributed by atoms with Crippen LogP contribution in [0.3, 0.4) is 0 Å². The van der Waals surface area contributed by atoms with Gasteiger partial charge >= 0.3 is 0 Å². The van der Waals surface area contributed by atoms with Gasteiger partial charge in [-0.1, -0.05) is 112 Å². The first-order valence-corrected chi connectivity index (χ1v) is 12.3. The Morgan fingerprint density at radius 3 is 1.91 bits per heavy atom. The smallest absolute Gasteiger partial charge is 0.0838 e. The largest absolute Gasteiger partial charge is 0.207 e. The van der Waals surface area contributed by atoms with Crippen LogP contribution >= 0.6 is 23.2 Å². The summed E-state index contributed by atoms with van der Waals surface area (Å²) in [5.74, 6) is 0. The Balaban J connectivity index is 1.86. The van der Waals surface area contributed by atoms with E-state index in [9.17, 15) is 0 Å². The number of hydrogen-bond acceptors (Lipinski definition) is 0. The molecule has 0 heterocycles. The lowest BCUT2D eigenvalue weighted by molar-refractivity contribution is 1.35. The molecule has 0 aliphatic carbocycles. The quantitative estimate of drug-likeness (QED) is 0.327. The van der Waals surface area contributed by atoms with Crippen molar-refractivity contribution in [2.24, 2.45) is 0 Å². The van der Waals surface area contributed by atoms with Crippen molar-refractivity contribution < 1.29 is 0 Å². The van der Waals surface area contributed by atoms with Crippen LogP contribution in [0.2, 0.25) is 16.9 Å². The SMILES string of the molecule is CB(c1c(C)cc(C)c(Cl)c1C)c1ccc([B]c2c(C)cc(C)c(Cl)c2C)c2ccccc12. The topological polar surface area (TPSA) is 0 Å². The first kappa shape index (κ1) is 24.0. The zero-order valence-corrected chi connectivity index (χ0v) is 22.0. The molecule has 0 aliphatic heterocycles. The van der Waals surface area contributed by atoms with Crippen molar-refractivity contribution in [1.82, 2.24) is 0 Å². The summed E-state index contributed by atoms with van der Waals surface area (Å²) in [6.07, 6.45) is 0. The van der Waals surface area contributed by atoms with E-state index in [2.05, 4.69) is 104 Å². The van der Waals surface area contributed by atoms with Gasteiger partial charge in [0.1, 0.15) is 0 Å². The lowest BCUT2D eigenvalue weighted by Crippen LogP contribution is -2.44. The van der Waals surface area contributed by atoms with Gasteiger partial charge in [-0.3, -0.25) is 0 Å². The third-order valence-electron chi connectivity index (χ3n) is 7.07. The van der Waals surface area contributed by atoms with Crippen LogP contribution in [0, 0.1) is 41.5 Å². The lowest BCUT2D eigenvalue weighted by Gasteiger charge is -2.21. The van der Waals surface area contributed by atoms with Crippen LogP contribution < -0.4 is 21.9 Å². The van der Waals surface area contributed by atoms with Crippen molar-refractivity contribution in [3.05, 3.63) is 92.0 Å². The standard InChI is InChI=1S/C29H29B2Cl2/c1-16-14-18(3)28(32)20(5)26(16)30-24-12-13-25(23-11-9-8-10-22(23)24)31(7)27-17(2)15-19(4)29(33)21(27)6/h8-15H,1-7H3. The Hall–Kier alpha value is -2.15. The molecule has 0 nitrogen and oxygen atoms in total. The zero-order valence-electron chi connectivity index (χ0n) is 20.5. The van der Waals surface area contributed by atoms with Crippen molar-refractivity contribution in [3.8, 4) is 0 Å². The van der Waals surface area contributed by atoms with Crippen molar-refractivity contribution in [1.29, 1.82) is 0 Å². The minimum absolute atomic E-state index is 0.236. The molecule has 4 aromatic carbocycles. The van der Waals surface area contributed by atoms with Crippen molar-refractivity contribution >= 4 is 69.8 Å². The van der Waals surface area contributed by atoms with E-state index >= 15 is 0 Å². The Bertz CT molecular complexity index is 1390. The van der Waals surface area contributed by atoms with E-state index in [0.717, 1.165) is 26.7 Å². The molecule has 0 unspecified atom stereocenters. The molecule has 0 atom stereocenters. The number of fused-ring (bicyclic) bond motifs is 1. The van der Waals surface area contributed by atoms with E-state index < -0.39 is 0 Å². The second-order valence-electron chi connectivity index (χ2n) is 9.38. The molecule has 4 rings (SSSR count). The summed E-state index contributed by atoms with van der Waals surface area (Å²) in [4.78, 5) is 0. The number of aryl methyl sites for hydroxylation is 4. The van der Waals surface area contributed by atoms with Crippen LogP contribution in [0.4, 0.5) is 0 Å². The van der Waals surface area contributed by atoms with Crippen LogP contribution in [0.1, 0.15) is 33.4 Å². The van der Waals surface area contributed by atoms with Crippen LogP contribution in [-0.2, 0) is 0 Å². The number of halogens is 2. The van der Waals surface area contributed by atoms with Crippen molar-refractivity contribution in [3.63, 3.8) is 0 Å². The second-order valence-corrected chi connectivity index (χ2v) is 10.1. The molecule has 0 saturated heterocycles. The minimum atomic E-state index is 0.236. The molecular formula is C29H29B2Cl2. The highest BCUT2D eigenvalue weighted by Crippen LogP contribution is 2.22. The van der Waals surface area contributed by atoms with E-state index in [4.69, 9.17) is 23.2 Å². The summed E-state index contributed by atoms with van der Waals surface area (Å²) in [7, 11) is 2.28. The highest BCUT2D eigenvalue weighted by atomic mass is 35.5. The van der Waals surface area contributed by atoms with Crippen LogP contribution in [0.25, 0.3) is 10.8 Å². The summed E-state index contributed by atoms with van der Waals surface area (Å²) in [6.45, 7) is 15.3. The summed E-state index contributed by atoms with van der Waals surface area (Å²) < 4.78 is 0. The molecule has 0 amide bonds. The Labute approximate surface area is 209 Å². The van der Waals surface area contributed by atoms with Gasteiger partial charge in [-0.2, -0.15) is 0 Å². The average Bonchev–Trinajstić information content (AvgIpc) is 2.78. The van der Waals surface area contributed by atoms with E-state index in [1.165, 1.54) is 49.3 Å². The molecule has 0 N–H and O–H groups in total. The predicted molar refractivity (Wildman–Crippen MR) is 151 cm³/mol. The fourth-order valence-corrected chi connectivity index (χ4v) is 5.71. The first-order chi connectivity index (χ1) is 15.6. The molecule has 0 bridgehead atoms. The lowest BCUT2D eigenvalue weighted by atomic mass is 9.40. The maximum Gasteiger partial charge on any atom is 0.207 e. The highest BCUT2D eigenvalue weighted by Gasteiger charge is 2.23. The molecule has 0 fully saturated rings. The second kappa shape index (κ2) is 9.24. The summed E-state index contributed by atoms with van der Waals surface area (Å²) >= 11 is 13.3. The molecule has 4 aromatic rings. The van der Waals surface area contributed by atoms with Crippen LogP contribution in [-0.4, -0.2) is 14.0 Å². The number of benzene rings is 4. The molecule has 165 valence electrons. The van der Waals surface area contributed by atoms with Crippen LogP contribution in [0.15, 0.2) is 48.5 Å². The average molecular weight is 470 g/mol. The third kappa shape index (κ3) is 4.25. The van der Waals surface area contributed by atoms with Gasteiger partial charge in [0.05, 0.1) is 0 Å². The van der Waals surface area contributed by atoms with Gasteiger partial charge in [-0.05, 0) is 74.6 Å². The van der Waals surface area contributed by atoms with Gasteiger partial charge in [0.2, 0.25) is 6.71 Å². The Morgan fingerprint density at radius 2 is 1.24 bits per heavy atom. The van der Waals surface area contributed by atoms with Gasteiger partial charge in [-0.15, -0.1) is 0 Å². The molecule has 0 aromatic heterocycles. The predicted octanol–water partition coefficient (Wildman–Crippen LogP) is 5.89. The zero-order chi connectivity index (χ0) is 24.0. The Morgan fingerprint density at radius 1 is 0.667 bits per heavy atom. The van der Waals surface area contributed by atoms with E-state index in [0.29, 0.717) is 0 Å². The van der Waals surface area contributed by atoms with Crippen molar-refractivity contribution in [2.45, 2.75) is 48.4 Å². The summed E-state index contributed by atoms with van der Waals surface area (Å²) in [5, 5.41) is 4.26. The van der Waals surface area contributed by atoms with Gasteiger partial charge in [0, 0.05) is 10.0 Å². The molecule has 0 aliphatic rings. The number of rotatable bonds is 4. The summed E-state index contributed by atoms with van der Waals surface area (Å²) in [5.41, 5.74) is 12.2. The Kier molecular flexibility index (Phi) is 6.72. The van der Waals surface area contributed by atoms with Gasteiger partial charge in [0.25, 0.3) is 0 Å². The van der Waals surface area contributed by atoms with Crippen LogP contribution in [0.5, 0.6) is 0 Å². The molecule has 0 saturated carbocycles. The van der Waals surface area contributed by atoms with Crippen molar-refractivity contribution in [2.75, 3.05) is 0 Å². The van der Waals surface area contributed by atoms with Gasteiger partial charge in [0.15, 0.2) is 7.28 Å². The van der Waals surface area contributed by atoms with Gasteiger partial charge in [-0.25, -0.2) is 0 Å². The molecular weight excluding hydrogens is 441 g/mol. The van der Waals surface area contributed by atoms with E-state index in [1.54, 1.807) is 0 Å². The molecule has 0 spiro atoms. The first-order valence-electron chi connectivity index (χ1n) is 11.5. The number of hydrogen-bond donors (Lipinski definition) is 0. The van der Waals surface area contributed by atoms with Gasteiger partial charge < -0.3 is 0 Å². The molecule has 33 heavy (non-hydrogen) atoms. The maximum atomic E-state index is 6.66.